The first-order valence-electron chi connectivity index (χ1n) is 5.53. The lowest BCUT2D eigenvalue weighted by Crippen LogP contribution is -2.22. The van der Waals surface area contributed by atoms with E-state index in [-0.39, 0.29) is 5.54 Å². The molecule has 86 valence electrons. The largest absolute Gasteiger partial charge is 0.454 e. The molecule has 1 aromatic carbocycles. The summed E-state index contributed by atoms with van der Waals surface area (Å²) in [5.74, 6) is 1.66. The topological polar surface area (TPSA) is 44.5 Å². The molecule has 0 spiro atoms. The van der Waals surface area contributed by atoms with Crippen molar-refractivity contribution in [2.24, 2.45) is 5.73 Å². The van der Waals surface area contributed by atoms with Gasteiger partial charge in [-0.05, 0) is 59.3 Å². The van der Waals surface area contributed by atoms with Gasteiger partial charge in [0.15, 0.2) is 11.5 Å². The smallest absolute Gasteiger partial charge is 0.231 e. The molecule has 4 heteroatoms. The van der Waals surface area contributed by atoms with Crippen molar-refractivity contribution in [2.75, 3.05) is 6.79 Å². The lowest BCUT2D eigenvalue weighted by atomic mass is 10.0. The van der Waals surface area contributed by atoms with Crippen LogP contribution in [0.1, 0.15) is 24.8 Å². The van der Waals surface area contributed by atoms with E-state index in [1.54, 1.807) is 0 Å². The molecule has 1 heterocycles. The number of benzene rings is 1. The summed E-state index contributed by atoms with van der Waals surface area (Å²) >= 11 is 3.50. The quantitative estimate of drug-likeness (QED) is 0.928. The van der Waals surface area contributed by atoms with Gasteiger partial charge in [0, 0.05) is 5.54 Å². The second-order valence-corrected chi connectivity index (χ2v) is 5.53. The van der Waals surface area contributed by atoms with Gasteiger partial charge >= 0.3 is 0 Å². The van der Waals surface area contributed by atoms with Crippen molar-refractivity contribution in [2.45, 2.75) is 31.2 Å². The molecule has 0 unspecified atom stereocenters. The van der Waals surface area contributed by atoms with Crippen molar-refractivity contribution in [3.63, 3.8) is 0 Å². The number of aryl methyl sites for hydroxylation is 1. The summed E-state index contributed by atoms with van der Waals surface area (Å²) in [6, 6.07) is 4.15. The molecule has 1 aliphatic carbocycles. The third kappa shape index (κ3) is 1.92. The van der Waals surface area contributed by atoms with Crippen molar-refractivity contribution < 1.29 is 9.47 Å². The van der Waals surface area contributed by atoms with Crippen LogP contribution >= 0.6 is 15.9 Å². The zero-order valence-corrected chi connectivity index (χ0v) is 10.5. The normalized spacial score (nSPS) is 19.9. The molecular formula is C12H14BrNO2. The maximum Gasteiger partial charge on any atom is 0.231 e. The van der Waals surface area contributed by atoms with Crippen LogP contribution in [-0.4, -0.2) is 12.3 Å². The van der Waals surface area contributed by atoms with E-state index in [0.29, 0.717) is 6.79 Å². The summed E-state index contributed by atoms with van der Waals surface area (Å²) in [6.45, 7) is 0.318. The summed E-state index contributed by atoms with van der Waals surface area (Å²) < 4.78 is 11.7. The van der Waals surface area contributed by atoms with Gasteiger partial charge < -0.3 is 15.2 Å². The fraction of sp³-hybridized carbons (Fsp3) is 0.500. The van der Waals surface area contributed by atoms with Crippen LogP contribution in [0.15, 0.2) is 16.6 Å². The van der Waals surface area contributed by atoms with Crippen LogP contribution in [0.3, 0.4) is 0 Å². The zero-order valence-electron chi connectivity index (χ0n) is 8.96. The highest BCUT2D eigenvalue weighted by Crippen LogP contribution is 2.41. The van der Waals surface area contributed by atoms with E-state index in [9.17, 15) is 0 Å². The van der Waals surface area contributed by atoms with Gasteiger partial charge in [-0.3, -0.25) is 0 Å². The maximum absolute atomic E-state index is 6.08. The van der Waals surface area contributed by atoms with E-state index in [4.69, 9.17) is 15.2 Å². The third-order valence-electron chi connectivity index (χ3n) is 3.29. The van der Waals surface area contributed by atoms with E-state index in [2.05, 4.69) is 28.1 Å². The Bertz CT molecular complexity index is 429. The highest BCUT2D eigenvalue weighted by atomic mass is 79.9. The summed E-state index contributed by atoms with van der Waals surface area (Å²) in [5, 5.41) is 0. The molecule has 3 nitrogen and oxygen atoms in total. The molecule has 1 aliphatic heterocycles. The number of hydrogen-bond donors (Lipinski definition) is 1. The SMILES string of the molecule is NC1(CCc2cc(Br)c3c(c2)OCO3)CC1. The van der Waals surface area contributed by atoms with Crippen molar-refractivity contribution in [3.05, 3.63) is 22.2 Å². The Hall–Kier alpha value is -0.740. The van der Waals surface area contributed by atoms with Gasteiger partial charge in [-0.25, -0.2) is 0 Å². The lowest BCUT2D eigenvalue weighted by molar-refractivity contribution is 0.173. The van der Waals surface area contributed by atoms with Crippen LogP contribution in [0.5, 0.6) is 11.5 Å². The number of hydrogen-bond acceptors (Lipinski definition) is 3. The predicted molar refractivity (Wildman–Crippen MR) is 64.7 cm³/mol. The number of nitrogens with two attached hydrogens (primary N) is 1. The standard InChI is InChI=1S/C12H14BrNO2/c13-9-5-8(1-2-12(14)3-4-12)6-10-11(9)16-7-15-10/h5-6H,1-4,7,14H2. The second-order valence-electron chi connectivity index (χ2n) is 4.67. The van der Waals surface area contributed by atoms with Crippen LogP contribution < -0.4 is 15.2 Å². The number of ether oxygens (including phenoxy) is 2. The fourth-order valence-electron chi connectivity index (χ4n) is 1.97. The van der Waals surface area contributed by atoms with Crippen LogP contribution in [0, 0.1) is 0 Å². The molecule has 1 fully saturated rings. The van der Waals surface area contributed by atoms with Gasteiger partial charge in [-0.15, -0.1) is 0 Å². The van der Waals surface area contributed by atoms with Crippen molar-refractivity contribution in [1.29, 1.82) is 0 Å². The van der Waals surface area contributed by atoms with Crippen LogP contribution in [-0.2, 0) is 6.42 Å². The van der Waals surface area contributed by atoms with Gasteiger partial charge in [-0.1, -0.05) is 0 Å². The van der Waals surface area contributed by atoms with Crippen LogP contribution in [0.4, 0.5) is 0 Å². The van der Waals surface area contributed by atoms with Crippen molar-refractivity contribution >= 4 is 15.9 Å². The zero-order chi connectivity index (χ0) is 11.2. The minimum atomic E-state index is 0.114. The highest BCUT2D eigenvalue weighted by Gasteiger charge is 2.37. The second kappa shape index (κ2) is 3.64. The molecule has 16 heavy (non-hydrogen) atoms. The average molecular weight is 284 g/mol. The summed E-state index contributed by atoms with van der Waals surface area (Å²) in [6.07, 6.45) is 4.39. The first-order valence-corrected chi connectivity index (χ1v) is 6.33. The first kappa shape index (κ1) is 10.4. The van der Waals surface area contributed by atoms with Crippen molar-refractivity contribution in [1.82, 2.24) is 0 Å². The van der Waals surface area contributed by atoms with Gasteiger partial charge in [0.2, 0.25) is 6.79 Å². The molecule has 0 saturated heterocycles. The molecule has 0 radical (unpaired) electrons. The van der Waals surface area contributed by atoms with E-state index in [0.717, 1.165) is 28.8 Å². The molecule has 0 atom stereocenters. The van der Waals surface area contributed by atoms with Gasteiger partial charge in [0.25, 0.3) is 0 Å². The minimum Gasteiger partial charge on any atom is -0.454 e. The Morgan fingerprint density at radius 3 is 2.88 bits per heavy atom. The van der Waals surface area contributed by atoms with E-state index in [1.807, 2.05) is 0 Å². The number of rotatable bonds is 3. The fourth-order valence-corrected chi connectivity index (χ4v) is 2.57. The summed E-state index contributed by atoms with van der Waals surface area (Å²) in [4.78, 5) is 0. The average Bonchev–Trinajstić information content (AvgIpc) is 2.79. The minimum absolute atomic E-state index is 0.114. The Morgan fingerprint density at radius 2 is 2.12 bits per heavy atom. The van der Waals surface area contributed by atoms with Crippen LogP contribution in [0.2, 0.25) is 0 Å². The Kier molecular flexibility index (Phi) is 2.37. The Balaban J connectivity index is 1.77. The van der Waals surface area contributed by atoms with Gasteiger partial charge in [0.1, 0.15) is 0 Å². The predicted octanol–water partition coefficient (Wildman–Crippen LogP) is 2.60. The first-order chi connectivity index (χ1) is 7.66. The molecule has 1 aromatic rings. The van der Waals surface area contributed by atoms with Gasteiger partial charge in [-0.2, -0.15) is 0 Å². The van der Waals surface area contributed by atoms with Crippen molar-refractivity contribution in [3.8, 4) is 11.5 Å². The number of halogens is 1. The lowest BCUT2D eigenvalue weighted by Gasteiger charge is -2.09. The monoisotopic (exact) mass is 283 g/mol. The molecule has 0 amide bonds. The molecule has 0 bridgehead atoms. The van der Waals surface area contributed by atoms with Crippen LogP contribution in [0.25, 0.3) is 0 Å². The number of fused-ring (bicyclic) bond motifs is 1. The molecule has 1 saturated carbocycles. The third-order valence-corrected chi connectivity index (χ3v) is 3.88. The maximum atomic E-state index is 6.08. The molecule has 3 rings (SSSR count). The molecular weight excluding hydrogens is 270 g/mol. The molecule has 0 aromatic heterocycles. The summed E-state index contributed by atoms with van der Waals surface area (Å²) in [5.41, 5.74) is 7.45. The molecule has 2 aliphatic rings. The Morgan fingerprint density at radius 1 is 1.31 bits per heavy atom. The summed E-state index contributed by atoms with van der Waals surface area (Å²) in [7, 11) is 0. The van der Waals surface area contributed by atoms with Gasteiger partial charge in [0.05, 0.1) is 4.47 Å². The molecule has 2 N–H and O–H groups in total. The van der Waals surface area contributed by atoms with E-state index in [1.165, 1.54) is 18.4 Å². The Labute approximate surface area is 103 Å². The van der Waals surface area contributed by atoms with E-state index >= 15 is 0 Å². The van der Waals surface area contributed by atoms with E-state index < -0.39 is 0 Å². The highest BCUT2D eigenvalue weighted by molar-refractivity contribution is 9.10.